The van der Waals surface area contributed by atoms with Gasteiger partial charge in [0.05, 0.1) is 12.8 Å². The number of ketones is 1. The minimum absolute atomic E-state index is 0.00883. The molecule has 0 N–H and O–H groups in total. The molecule has 2 aromatic carbocycles. The molecule has 9 heteroatoms. The fraction of sp³-hybridized carbons (Fsp3) is 0.412. The van der Waals surface area contributed by atoms with Crippen molar-refractivity contribution in [3.05, 3.63) is 82.7 Å². The highest BCUT2D eigenvalue weighted by Gasteiger charge is 2.41. The summed E-state index contributed by atoms with van der Waals surface area (Å²) in [7, 11) is 0. The second-order valence-electron chi connectivity index (χ2n) is 11.5. The second-order valence-corrected chi connectivity index (χ2v) is 12.3. The number of hydrogen-bond acceptors (Lipinski definition) is 8. The van der Waals surface area contributed by atoms with E-state index in [1.807, 2.05) is 63.4 Å². The topological polar surface area (TPSA) is 95.0 Å². The predicted molar refractivity (Wildman–Crippen MR) is 167 cm³/mol. The fourth-order valence-electron chi connectivity index (χ4n) is 5.40. The highest BCUT2D eigenvalue weighted by atomic mass is 32.2. The van der Waals surface area contributed by atoms with E-state index in [1.165, 1.54) is 6.20 Å². The number of likely N-dealkylation sites (tertiary alicyclic amines) is 1. The van der Waals surface area contributed by atoms with Crippen molar-refractivity contribution < 1.29 is 28.6 Å². The molecule has 2 atom stereocenters. The van der Waals surface area contributed by atoms with E-state index in [-0.39, 0.29) is 24.9 Å². The first-order valence-corrected chi connectivity index (χ1v) is 15.7. The summed E-state index contributed by atoms with van der Waals surface area (Å²) in [5.41, 5.74) is 3.09. The Bertz CT molecular complexity index is 1450. The molecule has 228 valence electrons. The van der Waals surface area contributed by atoms with Gasteiger partial charge in [-0.1, -0.05) is 24.3 Å². The number of carbonyl (C=O) groups excluding carboxylic acids is 3. The molecule has 1 aliphatic heterocycles. The van der Waals surface area contributed by atoms with Gasteiger partial charge >= 0.3 is 12.1 Å². The largest absolute Gasteiger partial charge is 0.476 e. The Morgan fingerprint density at radius 2 is 1.67 bits per heavy atom. The highest BCUT2D eigenvalue weighted by Crippen LogP contribution is 2.34. The van der Waals surface area contributed by atoms with E-state index >= 15 is 0 Å². The molecule has 0 aliphatic carbocycles. The first-order valence-electron chi connectivity index (χ1n) is 14.5. The van der Waals surface area contributed by atoms with Crippen molar-refractivity contribution in [1.82, 2.24) is 9.88 Å². The van der Waals surface area contributed by atoms with E-state index in [0.717, 1.165) is 27.3 Å². The number of benzene rings is 2. The van der Waals surface area contributed by atoms with Gasteiger partial charge in [-0.25, -0.2) is 9.59 Å². The minimum Gasteiger partial charge on any atom is -0.476 e. The third kappa shape index (κ3) is 7.76. The lowest BCUT2D eigenvalue weighted by molar-refractivity contribution is -0.158. The van der Waals surface area contributed by atoms with Crippen molar-refractivity contribution in [2.45, 2.75) is 58.5 Å². The average Bonchev–Trinajstić information content (AvgIpc) is 3.40. The molecule has 43 heavy (non-hydrogen) atoms. The molecule has 3 aromatic rings. The number of hydrogen-bond donors (Lipinski definition) is 0. The summed E-state index contributed by atoms with van der Waals surface area (Å²) >= 11 is 1.62. The number of carbonyl (C=O) groups is 3. The van der Waals surface area contributed by atoms with Crippen molar-refractivity contribution >= 4 is 29.6 Å². The number of aromatic nitrogens is 1. The van der Waals surface area contributed by atoms with E-state index in [1.54, 1.807) is 49.6 Å². The third-order valence-corrected chi connectivity index (χ3v) is 8.39. The minimum atomic E-state index is -1.14. The molecular formula is C34H40N2O6S. The Morgan fingerprint density at radius 1 is 1.00 bits per heavy atom. The summed E-state index contributed by atoms with van der Waals surface area (Å²) in [4.78, 5) is 46.3. The molecule has 0 bridgehead atoms. The van der Waals surface area contributed by atoms with E-state index in [2.05, 4.69) is 4.98 Å². The van der Waals surface area contributed by atoms with Gasteiger partial charge in [0, 0.05) is 35.2 Å². The fourth-order valence-corrected chi connectivity index (χ4v) is 5.81. The summed E-state index contributed by atoms with van der Waals surface area (Å²) < 4.78 is 16.9. The monoisotopic (exact) mass is 604 g/mol. The predicted octanol–water partition coefficient (Wildman–Crippen LogP) is 6.62. The lowest BCUT2D eigenvalue weighted by Gasteiger charge is -2.27. The zero-order valence-electron chi connectivity index (χ0n) is 25.9. The standard InChI is InChI=1S/C34H40N2O6S/c1-8-40-32(38)34(5,6)42-31-21(2)15-24(16-22(31)3)17-26-19-36(33(39)41-27-12-9-23(4)35-18-27)20-29(26)30(37)25-10-13-28(43-7)14-11-25/h9-16,18,26,29H,8,17,19-20H2,1-7H3/t26-,29-/m0/s1. The second kappa shape index (κ2) is 13.6. The maximum atomic E-state index is 13.8. The van der Waals surface area contributed by atoms with Gasteiger partial charge in [0.15, 0.2) is 17.1 Å². The molecule has 2 heterocycles. The number of thioether (sulfide) groups is 1. The summed E-state index contributed by atoms with van der Waals surface area (Å²) in [6.07, 6.45) is 3.60. The molecule has 0 unspecified atom stereocenters. The van der Waals surface area contributed by atoms with Gasteiger partial charge in [-0.3, -0.25) is 9.78 Å². The number of pyridine rings is 1. The van der Waals surface area contributed by atoms with Crippen molar-refractivity contribution in [3.63, 3.8) is 0 Å². The maximum Gasteiger partial charge on any atom is 0.415 e. The van der Waals surface area contributed by atoms with Crippen LogP contribution in [0.2, 0.25) is 0 Å². The number of nitrogens with zero attached hydrogens (tertiary/aromatic N) is 2. The Labute approximate surface area is 258 Å². The van der Waals surface area contributed by atoms with Gasteiger partial charge in [0.2, 0.25) is 0 Å². The number of esters is 1. The van der Waals surface area contributed by atoms with Crippen LogP contribution in [0.1, 0.15) is 53.5 Å². The Morgan fingerprint density at radius 3 is 2.26 bits per heavy atom. The van der Waals surface area contributed by atoms with E-state index in [9.17, 15) is 14.4 Å². The summed E-state index contributed by atoms with van der Waals surface area (Å²) in [5, 5.41) is 0. The zero-order chi connectivity index (χ0) is 31.3. The van der Waals surface area contributed by atoms with Crippen molar-refractivity contribution in [2.75, 3.05) is 26.0 Å². The van der Waals surface area contributed by atoms with Crippen LogP contribution in [-0.2, 0) is 16.0 Å². The molecule has 4 rings (SSSR count). The molecule has 1 aliphatic rings. The summed E-state index contributed by atoms with van der Waals surface area (Å²) in [6, 6.07) is 15.2. The van der Waals surface area contributed by atoms with Crippen LogP contribution in [0, 0.1) is 32.6 Å². The number of rotatable bonds is 10. The van der Waals surface area contributed by atoms with Crippen molar-refractivity contribution in [2.24, 2.45) is 11.8 Å². The van der Waals surface area contributed by atoms with Gasteiger partial charge < -0.3 is 19.1 Å². The van der Waals surface area contributed by atoms with Gasteiger partial charge in [0.25, 0.3) is 0 Å². The molecule has 0 saturated carbocycles. The average molecular weight is 605 g/mol. The van der Waals surface area contributed by atoms with E-state index in [4.69, 9.17) is 14.2 Å². The number of amides is 1. The van der Waals surface area contributed by atoms with Crippen LogP contribution in [-0.4, -0.2) is 59.3 Å². The Balaban J connectivity index is 1.57. The van der Waals surface area contributed by atoms with Gasteiger partial charge in [-0.05, 0) is 101 Å². The van der Waals surface area contributed by atoms with Crippen LogP contribution in [0.4, 0.5) is 4.79 Å². The molecular weight excluding hydrogens is 564 g/mol. The van der Waals surface area contributed by atoms with Crippen LogP contribution in [0.15, 0.2) is 59.6 Å². The lowest BCUT2D eigenvalue weighted by atomic mass is 9.84. The van der Waals surface area contributed by atoms with Crippen LogP contribution in [0.25, 0.3) is 0 Å². The molecule has 1 amide bonds. The first-order chi connectivity index (χ1) is 20.4. The number of aryl methyl sites for hydroxylation is 3. The Hall–Kier alpha value is -3.85. The molecule has 1 fully saturated rings. The van der Waals surface area contributed by atoms with Crippen molar-refractivity contribution in [3.8, 4) is 11.5 Å². The highest BCUT2D eigenvalue weighted by molar-refractivity contribution is 7.98. The quantitative estimate of drug-likeness (QED) is 0.145. The molecule has 8 nitrogen and oxygen atoms in total. The number of ether oxygens (including phenoxy) is 3. The van der Waals surface area contributed by atoms with Crippen LogP contribution in [0.3, 0.4) is 0 Å². The SMILES string of the molecule is CCOC(=O)C(C)(C)Oc1c(C)cc(C[C@H]2CN(C(=O)Oc3ccc(C)nc3)C[C@@H]2C(=O)c2ccc(SC)cc2)cc1C. The third-order valence-electron chi connectivity index (χ3n) is 7.64. The van der Waals surface area contributed by atoms with E-state index < -0.39 is 23.6 Å². The molecule has 0 spiro atoms. The molecule has 0 radical (unpaired) electrons. The molecule has 1 saturated heterocycles. The van der Waals surface area contributed by atoms with Gasteiger partial charge in [0.1, 0.15) is 5.75 Å². The molecule has 1 aromatic heterocycles. The van der Waals surface area contributed by atoms with Crippen LogP contribution in [0.5, 0.6) is 11.5 Å². The first kappa shape index (κ1) is 32.1. The summed E-state index contributed by atoms with van der Waals surface area (Å²) in [5.74, 6) is 0.0496. The number of Topliss-reactive ketones (excluding diaryl/α,β-unsaturated/α-hetero) is 1. The van der Waals surface area contributed by atoms with Crippen LogP contribution >= 0.6 is 11.8 Å². The zero-order valence-corrected chi connectivity index (χ0v) is 26.7. The van der Waals surface area contributed by atoms with Crippen molar-refractivity contribution in [1.29, 1.82) is 0 Å². The summed E-state index contributed by atoms with van der Waals surface area (Å²) in [6.45, 7) is 11.8. The van der Waals surface area contributed by atoms with Crippen LogP contribution < -0.4 is 9.47 Å². The maximum absolute atomic E-state index is 13.8. The Kier molecular flexibility index (Phi) is 10.2. The van der Waals surface area contributed by atoms with E-state index in [0.29, 0.717) is 30.0 Å². The van der Waals surface area contributed by atoms with Gasteiger partial charge in [-0.15, -0.1) is 11.8 Å². The smallest absolute Gasteiger partial charge is 0.415 e. The normalized spacial score (nSPS) is 16.6. The van der Waals surface area contributed by atoms with Gasteiger partial charge in [-0.2, -0.15) is 0 Å². The lowest BCUT2D eigenvalue weighted by Crippen LogP contribution is -2.40.